The topological polar surface area (TPSA) is 29.5 Å². The molecule has 21 heavy (non-hydrogen) atoms. The van der Waals surface area contributed by atoms with Crippen LogP contribution in [0.3, 0.4) is 0 Å². The van der Waals surface area contributed by atoms with E-state index in [4.69, 9.17) is 16.3 Å². The summed E-state index contributed by atoms with van der Waals surface area (Å²) in [6, 6.07) is 15.6. The summed E-state index contributed by atoms with van der Waals surface area (Å²) in [5, 5.41) is 12.6. The molecule has 0 bridgehead atoms. The maximum Gasteiger partial charge on any atom is 0.126 e. The van der Waals surface area contributed by atoms with Crippen LogP contribution in [0.15, 0.2) is 48.5 Å². The molecule has 4 heteroatoms. The van der Waals surface area contributed by atoms with Crippen molar-refractivity contribution >= 4 is 33.7 Å². The van der Waals surface area contributed by atoms with Crippen molar-refractivity contribution in [3.63, 3.8) is 0 Å². The highest BCUT2D eigenvalue weighted by molar-refractivity contribution is 7.16. The van der Waals surface area contributed by atoms with Gasteiger partial charge in [-0.15, -0.1) is 11.3 Å². The van der Waals surface area contributed by atoms with Gasteiger partial charge in [-0.25, -0.2) is 0 Å². The lowest BCUT2D eigenvalue weighted by Gasteiger charge is -2.15. The molecule has 1 N–H and O–H groups in total. The first kappa shape index (κ1) is 14.4. The molecular formula is C17H15ClO2S. The average Bonchev–Trinajstić information content (AvgIpc) is 2.91. The van der Waals surface area contributed by atoms with E-state index in [1.807, 2.05) is 48.5 Å². The van der Waals surface area contributed by atoms with Gasteiger partial charge in [0.1, 0.15) is 5.75 Å². The number of ether oxygens (including phenoxy) is 1. The molecule has 0 aliphatic rings. The molecule has 3 rings (SSSR count). The van der Waals surface area contributed by atoms with Crippen LogP contribution in [-0.2, 0) is 6.42 Å². The molecule has 1 atom stereocenters. The second-order valence-corrected chi connectivity index (χ2v) is 6.63. The van der Waals surface area contributed by atoms with Crippen molar-refractivity contribution < 1.29 is 9.84 Å². The average molecular weight is 319 g/mol. The van der Waals surface area contributed by atoms with E-state index in [-0.39, 0.29) is 0 Å². The number of rotatable bonds is 4. The zero-order valence-corrected chi connectivity index (χ0v) is 13.1. The quantitative estimate of drug-likeness (QED) is 0.746. The maximum atomic E-state index is 10.6. The van der Waals surface area contributed by atoms with Crippen LogP contribution in [-0.4, -0.2) is 12.2 Å². The summed E-state index contributed by atoms with van der Waals surface area (Å²) in [5.41, 5.74) is 0.913. The van der Waals surface area contributed by atoms with Gasteiger partial charge in [-0.2, -0.15) is 0 Å². The van der Waals surface area contributed by atoms with Gasteiger partial charge in [-0.1, -0.05) is 41.9 Å². The van der Waals surface area contributed by atoms with Crippen LogP contribution >= 0.6 is 22.9 Å². The highest BCUT2D eigenvalue weighted by atomic mass is 35.5. The number of hydrogen-bond acceptors (Lipinski definition) is 3. The van der Waals surface area contributed by atoms with E-state index < -0.39 is 6.10 Å². The number of halogens is 1. The van der Waals surface area contributed by atoms with E-state index >= 15 is 0 Å². The highest BCUT2D eigenvalue weighted by Gasteiger charge is 2.15. The second kappa shape index (κ2) is 6.06. The number of thiophene rings is 1. The third-order valence-corrected chi connectivity index (χ3v) is 4.77. The molecule has 3 aromatic rings. The minimum absolute atomic E-state index is 0.560. The summed E-state index contributed by atoms with van der Waals surface area (Å²) in [5.74, 6) is 0.820. The lowest BCUT2D eigenvalue weighted by Crippen LogP contribution is -2.02. The Bertz CT molecular complexity index is 766. The normalized spacial score (nSPS) is 12.5. The van der Waals surface area contributed by atoms with Crippen LogP contribution < -0.4 is 4.74 Å². The predicted octanol–water partition coefficient (Wildman–Crippen LogP) is 4.84. The number of fused-ring (bicyclic) bond motifs is 1. The number of aliphatic hydroxyl groups excluding tert-OH is 1. The van der Waals surface area contributed by atoms with Gasteiger partial charge in [0.15, 0.2) is 0 Å². The van der Waals surface area contributed by atoms with Gasteiger partial charge in [0.25, 0.3) is 0 Å². The minimum Gasteiger partial charge on any atom is -0.496 e. The number of aliphatic hydroxyl groups is 1. The molecule has 1 heterocycles. The molecule has 0 amide bonds. The van der Waals surface area contributed by atoms with Crippen molar-refractivity contribution in [3.8, 4) is 5.75 Å². The number of hydrogen-bond donors (Lipinski definition) is 1. The predicted molar refractivity (Wildman–Crippen MR) is 88.5 cm³/mol. The van der Waals surface area contributed by atoms with Crippen LogP contribution in [0.4, 0.5) is 0 Å². The summed E-state index contributed by atoms with van der Waals surface area (Å²) in [7, 11) is 1.66. The fourth-order valence-corrected chi connectivity index (χ4v) is 3.65. The maximum absolute atomic E-state index is 10.6. The lowest BCUT2D eigenvalue weighted by atomic mass is 9.97. The molecule has 108 valence electrons. The Morgan fingerprint density at radius 2 is 1.86 bits per heavy atom. The third kappa shape index (κ3) is 2.91. The van der Waals surface area contributed by atoms with E-state index in [9.17, 15) is 5.11 Å². The van der Waals surface area contributed by atoms with E-state index in [0.29, 0.717) is 6.42 Å². The largest absolute Gasteiger partial charge is 0.496 e. The first-order valence-corrected chi connectivity index (χ1v) is 7.86. The minimum atomic E-state index is -0.560. The molecule has 1 unspecified atom stereocenters. The van der Waals surface area contributed by atoms with Crippen LogP contribution in [0.5, 0.6) is 5.75 Å². The molecule has 0 aliphatic carbocycles. The Morgan fingerprint density at radius 1 is 1.10 bits per heavy atom. The van der Waals surface area contributed by atoms with E-state index in [1.165, 1.54) is 11.3 Å². The first-order chi connectivity index (χ1) is 10.2. The first-order valence-electron chi connectivity index (χ1n) is 6.67. The highest BCUT2D eigenvalue weighted by Crippen LogP contribution is 2.34. The van der Waals surface area contributed by atoms with Crippen molar-refractivity contribution in [2.24, 2.45) is 0 Å². The zero-order valence-electron chi connectivity index (χ0n) is 11.5. The molecular weight excluding hydrogens is 304 g/mol. The summed E-state index contributed by atoms with van der Waals surface area (Å²) in [6.45, 7) is 0. The summed E-state index contributed by atoms with van der Waals surface area (Å²) >= 11 is 7.45. The van der Waals surface area contributed by atoms with E-state index in [1.54, 1.807) is 7.11 Å². The zero-order chi connectivity index (χ0) is 14.8. The van der Waals surface area contributed by atoms with E-state index in [0.717, 1.165) is 31.3 Å². The van der Waals surface area contributed by atoms with Crippen LogP contribution in [0, 0.1) is 0 Å². The molecule has 0 saturated heterocycles. The SMILES string of the molecule is COc1ccc(C(O)Cc2ccc(Cl)s2)c2ccccc12. The Balaban J connectivity index is 2.00. The summed E-state index contributed by atoms with van der Waals surface area (Å²) < 4.78 is 6.13. The standard InChI is InChI=1S/C17H15ClO2S/c1-20-16-8-7-13(12-4-2-3-5-14(12)16)15(19)10-11-6-9-17(18)21-11/h2-9,15,19H,10H2,1H3. The van der Waals surface area contributed by atoms with Crippen molar-refractivity contribution in [2.75, 3.05) is 7.11 Å². The summed E-state index contributed by atoms with van der Waals surface area (Å²) in [4.78, 5) is 1.08. The second-order valence-electron chi connectivity index (χ2n) is 4.83. The Morgan fingerprint density at radius 3 is 2.52 bits per heavy atom. The van der Waals surface area contributed by atoms with Gasteiger partial charge in [-0.3, -0.25) is 0 Å². The molecule has 1 aromatic heterocycles. The Hall–Kier alpha value is -1.55. The third-order valence-electron chi connectivity index (χ3n) is 3.52. The van der Waals surface area contributed by atoms with Gasteiger partial charge in [0.2, 0.25) is 0 Å². The molecule has 0 fully saturated rings. The molecule has 0 aliphatic heterocycles. The van der Waals surface area contributed by atoms with Crippen molar-refractivity contribution in [2.45, 2.75) is 12.5 Å². The van der Waals surface area contributed by atoms with Gasteiger partial charge >= 0.3 is 0 Å². The molecule has 0 saturated carbocycles. The van der Waals surface area contributed by atoms with Gasteiger partial charge in [-0.05, 0) is 29.1 Å². The molecule has 2 nitrogen and oxygen atoms in total. The van der Waals surface area contributed by atoms with Gasteiger partial charge < -0.3 is 9.84 Å². The van der Waals surface area contributed by atoms with Crippen LogP contribution in [0.25, 0.3) is 10.8 Å². The molecule has 0 spiro atoms. The van der Waals surface area contributed by atoms with Crippen molar-refractivity contribution in [3.05, 3.63) is 63.3 Å². The molecule has 0 radical (unpaired) electrons. The smallest absolute Gasteiger partial charge is 0.126 e. The van der Waals surface area contributed by atoms with Gasteiger partial charge in [0, 0.05) is 16.7 Å². The van der Waals surface area contributed by atoms with Crippen LogP contribution in [0.1, 0.15) is 16.5 Å². The fourth-order valence-electron chi connectivity index (χ4n) is 2.53. The van der Waals surface area contributed by atoms with E-state index in [2.05, 4.69) is 0 Å². The summed E-state index contributed by atoms with van der Waals surface area (Å²) in [6.07, 6.45) is 0.00350. The van der Waals surface area contributed by atoms with Gasteiger partial charge in [0.05, 0.1) is 17.6 Å². The fraction of sp³-hybridized carbons (Fsp3) is 0.176. The Kier molecular flexibility index (Phi) is 4.15. The number of methoxy groups -OCH3 is 1. The van der Waals surface area contributed by atoms with Crippen molar-refractivity contribution in [1.82, 2.24) is 0 Å². The number of benzene rings is 2. The van der Waals surface area contributed by atoms with Crippen LogP contribution in [0.2, 0.25) is 4.34 Å². The monoisotopic (exact) mass is 318 g/mol. The lowest BCUT2D eigenvalue weighted by molar-refractivity contribution is 0.181. The molecule has 2 aromatic carbocycles. The van der Waals surface area contributed by atoms with Crippen molar-refractivity contribution in [1.29, 1.82) is 0 Å². The Labute approximate surface area is 132 Å².